The SMILES string of the molecule is Fc1ccc(-c2cc(-c3ccncc3)n3ncnc3n2)cc1Cl. The van der Waals surface area contributed by atoms with Crippen molar-refractivity contribution in [1.82, 2.24) is 24.6 Å². The maximum atomic E-state index is 13.4. The normalized spacial score (nSPS) is 11.0. The lowest BCUT2D eigenvalue weighted by Crippen LogP contribution is -1.99. The number of benzene rings is 1. The van der Waals surface area contributed by atoms with Crippen LogP contribution >= 0.6 is 11.6 Å². The van der Waals surface area contributed by atoms with Crippen molar-refractivity contribution in [2.45, 2.75) is 0 Å². The molecule has 0 amide bonds. The largest absolute Gasteiger partial charge is 0.265 e. The first-order valence-corrected chi connectivity index (χ1v) is 7.17. The van der Waals surface area contributed by atoms with Crippen molar-refractivity contribution in [3.63, 3.8) is 0 Å². The molecule has 3 aromatic heterocycles. The van der Waals surface area contributed by atoms with Crippen LogP contribution < -0.4 is 0 Å². The molecule has 0 fully saturated rings. The molecule has 4 aromatic rings. The third-order valence-corrected chi connectivity index (χ3v) is 3.73. The highest BCUT2D eigenvalue weighted by atomic mass is 35.5. The first-order valence-electron chi connectivity index (χ1n) is 6.79. The van der Waals surface area contributed by atoms with E-state index in [2.05, 4.69) is 20.1 Å². The molecular weight excluding hydrogens is 317 g/mol. The zero-order valence-electron chi connectivity index (χ0n) is 11.7. The van der Waals surface area contributed by atoms with E-state index in [1.54, 1.807) is 29.0 Å². The van der Waals surface area contributed by atoms with Crippen molar-refractivity contribution in [3.8, 4) is 22.5 Å². The van der Waals surface area contributed by atoms with Crippen LogP contribution in [0.2, 0.25) is 5.02 Å². The van der Waals surface area contributed by atoms with Gasteiger partial charge in [0.05, 0.1) is 16.4 Å². The molecule has 0 bridgehead atoms. The van der Waals surface area contributed by atoms with Crippen LogP contribution in [0.3, 0.4) is 0 Å². The van der Waals surface area contributed by atoms with Gasteiger partial charge in [-0.25, -0.2) is 9.37 Å². The summed E-state index contributed by atoms with van der Waals surface area (Å²) in [4.78, 5) is 12.6. The molecule has 0 aliphatic carbocycles. The Kier molecular flexibility index (Phi) is 3.24. The second kappa shape index (κ2) is 5.40. The van der Waals surface area contributed by atoms with Crippen LogP contribution in [0.1, 0.15) is 0 Å². The van der Waals surface area contributed by atoms with Gasteiger partial charge in [-0.05, 0) is 36.4 Å². The number of nitrogens with zero attached hydrogens (tertiary/aromatic N) is 5. The Balaban J connectivity index is 1.96. The highest BCUT2D eigenvalue weighted by molar-refractivity contribution is 6.31. The van der Waals surface area contributed by atoms with Gasteiger partial charge in [0.1, 0.15) is 12.1 Å². The lowest BCUT2D eigenvalue weighted by atomic mass is 10.1. The lowest BCUT2D eigenvalue weighted by Gasteiger charge is -2.08. The van der Waals surface area contributed by atoms with Crippen molar-refractivity contribution in [2.75, 3.05) is 0 Å². The minimum Gasteiger partial charge on any atom is -0.265 e. The van der Waals surface area contributed by atoms with Gasteiger partial charge in [0.2, 0.25) is 0 Å². The van der Waals surface area contributed by atoms with Gasteiger partial charge in [-0.15, -0.1) is 0 Å². The van der Waals surface area contributed by atoms with E-state index < -0.39 is 5.82 Å². The molecule has 4 rings (SSSR count). The van der Waals surface area contributed by atoms with Crippen LogP contribution in [-0.2, 0) is 0 Å². The quantitative estimate of drug-likeness (QED) is 0.564. The van der Waals surface area contributed by atoms with Crippen molar-refractivity contribution in [2.24, 2.45) is 0 Å². The van der Waals surface area contributed by atoms with E-state index >= 15 is 0 Å². The smallest absolute Gasteiger partial charge is 0.253 e. The molecule has 23 heavy (non-hydrogen) atoms. The Hall–Kier alpha value is -2.86. The fourth-order valence-corrected chi connectivity index (χ4v) is 2.52. The van der Waals surface area contributed by atoms with Gasteiger partial charge in [0, 0.05) is 23.5 Å². The monoisotopic (exact) mass is 325 g/mol. The van der Waals surface area contributed by atoms with Gasteiger partial charge < -0.3 is 0 Å². The molecule has 0 saturated heterocycles. The van der Waals surface area contributed by atoms with Crippen LogP contribution in [0.15, 0.2) is 55.1 Å². The molecule has 1 aromatic carbocycles. The highest BCUT2D eigenvalue weighted by Gasteiger charge is 2.12. The Bertz CT molecular complexity index is 1000. The van der Waals surface area contributed by atoms with E-state index in [1.165, 1.54) is 12.4 Å². The summed E-state index contributed by atoms with van der Waals surface area (Å²) < 4.78 is 15.0. The average Bonchev–Trinajstić information content (AvgIpc) is 3.06. The zero-order valence-corrected chi connectivity index (χ0v) is 12.4. The maximum absolute atomic E-state index is 13.4. The highest BCUT2D eigenvalue weighted by Crippen LogP contribution is 2.27. The molecule has 3 heterocycles. The van der Waals surface area contributed by atoms with Crippen LogP contribution in [-0.4, -0.2) is 24.6 Å². The third kappa shape index (κ3) is 2.43. The van der Waals surface area contributed by atoms with E-state index in [0.717, 1.165) is 11.3 Å². The number of aromatic nitrogens is 5. The number of hydrogen-bond donors (Lipinski definition) is 0. The van der Waals surface area contributed by atoms with E-state index in [1.807, 2.05) is 18.2 Å². The van der Waals surface area contributed by atoms with Crippen LogP contribution in [0.5, 0.6) is 0 Å². The number of rotatable bonds is 2. The predicted octanol–water partition coefficient (Wildman–Crippen LogP) is 3.65. The van der Waals surface area contributed by atoms with Crippen molar-refractivity contribution in [3.05, 3.63) is 66.0 Å². The Morgan fingerprint density at radius 1 is 1.00 bits per heavy atom. The van der Waals surface area contributed by atoms with Crippen LogP contribution in [0, 0.1) is 5.82 Å². The number of pyridine rings is 1. The standard InChI is InChI=1S/C16H9ClFN5/c17-12-7-11(1-2-13(12)18)14-8-15(10-3-5-19-6-4-10)23-16(22-14)20-9-21-23/h1-9H. The molecule has 7 heteroatoms. The summed E-state index contributed by atoms with van der Waals surface area (Å²) in [5.41, 5.74) is 3.08. The van der Waals surface area contributed by atoms with Gasteiger partial charge in [-0.3, -0.25) is 4.98 Å². The van der Waals surface area contributed by atoms with Crippen molar-refractivity contribution < 1.29 is 4.39 Å². The van der Waals surface area contributed by atoms with Gasteiger partial charge in [0.15, 0.2) is 0 Å². The van der Waals surface area contributed by atoms with Gasteiger partial charge >= 0.3 is 0 Å². The summed E-state index contributed by atoms with van der Waals surface area (Å²) >= 11 is 5.87. The molecule has 0 radical (unpaired) electrons. The molecule has 0 aliphatic heterocycles. The molecule has 112 valence electrons. The predicted molar refractivity (Wildman–Crippen MR) is 84.4 cm³/mol. The number of halogens is 2. The fraction of sp³-hybridized carbons (Fsp3) is 0. The van der Waals surface area contributed by atoms with Gasteiger partial charge in [-0.1, -0.05) is 11.6 Å². The number of fused-ring (bicyclic) bond motifs is 1. The molecule has 0 aliphatic rings. The Morgan fingerprint density at radius 2 is 1.83 bits per heavy atom. The second-order valence-corrected chi connectivity index (χ2v) is 5.27. The molecule has 0 unspecified atom stereocenters. The molecule has 5 nitrogen and oxygen atoms in total. The van der Waals surface area contributed by atoms with Gasteiger partial charge in [0.25, 0.3) is 5.78 Å². The van der Waals surface area contributed by atoms with Crippen LogP contribution in [0.25, 0.3) is 28.3 Å². The topological polar surface area (TPSA) is 56.0 Å². The van der Waals surface area contributed by atoms with Crippen molar-refractivity contribution >= 4 is 17.4 Å². The first-order chi connectivity index (χ1) is 11.2. The van der Waals surface area contributed by atoms with Crippen LogP contribution in [0.4, 0.5) is 4.39 Å². The van der Waals surface area contributed by atoms with E-state index in [0.29, 0.717) is 17.0 Å². The summed E-state index contributed by atoms with van der Waals surface area (Å²) in [5.74, 6) is -0.0110. The third-order valence-electron chi connectivity index (χ3n) is 3.44. The Labute approximate surface area is 135 Å². The molecule has 0 spiro atoms. The van der Waals surface area contributed by atoms with E-state index in [9.17, 15) is 4.39 Å². The number of hydrogen-bond acceptors (Lipinski definition) is 4. The molecule has 0 atom stereocenters. The molecule has 0 N–H and O–H groups in total. The lowest BCUT2D eigenvalue weighted by molar-refractivity contribution is 0.628. The zero-order chi connectivity index (χ0) is 15.8. The summed E-state index contributed by atoms with van der Waals surface area (Å²) in [6.07, 6.45) is 4.84. The molecule has 0 saturated carbocycles. The van der Waals surface area contributed by atoms with E-state index in [-0.39, 0.29) is 5.02 Å². The summed E-state index contributed by atoms with van der Waals surface area (Å²) in [6.45, 7) is 0. The van der Waals surface area contributed by atoms with Gasteiger partial charge in [-0.2, -0.15) is 14.6 Å². The van der Waals surface area contributed by atoms with E-state index in [4.69, 9.17) is 11.6 Å². The second-order valence-electron chi connectivity index (χ2n) is 4.86. The maximum Gasteiger partial charge on any atom is 0.253 e. The summed E-state index contributed by atoms with van der Waals surface area (Å²) in [7, 11) is 0. The minimum atomic E-state index is -0.465. The minimum absolute atomic E-state index is 0.0519. The summed E-state index contributed by atoms with van der Waals surface area (Å²) in [6, 6.07) is 10.1. The fourth-order valence-electron chi connectivity index (χ4n) is 2.34. The molecular formula is C16H9ClFN5. The first kappa shape index (κ1) is 13.8. The Morgan fingerprint density at radius 3 is 2.61 bits per heavy atom. The average molecular weight is 326 g/mol. The van der Waals surface area contributed by atoms with Crippen molar-refractivity contribution in [1.29, 1.82) is 0 Å². The summed E-state index contributed by atoms with van der Waals surface area (Å²) in [5, 5.41) is 4.25.